The Balaban J connectivity index is 1.81. The maximum atomic E-state index is 11.8. The van der Waals surface area contributed by atoms with Crippen molar-refractivity contribution in [1.29, 1.82) is 0 Å². The smallest absolute Gasteiger partial charge is 0.277 e. The number of carbonyl (C=O) groups excluding carboxylic acids is 2. The van der Waals surface area contributed by atoms with Gasteiger partial charge in [0.25, 0.3) is 5.91 Å². The van der Waals surface area contributed by atoms with E-state index in [4.69, 9.17) is 4.74 Å². The molecule has 7 heteroatoms. The molecule has 0 bridgehead atoms. The summed E-state index contributed by atoms with van der Waals surface area (Å²) in [5.74, 6) is 0.00825. The predicted octanol–water partition coefficient (Wildman–Crippen LogP) is 1.96. The first-order chi connectivity index (χ1) is 11.5. The van der Waals surface area contributed by atoms with Gasteiger partial charge in [-0.05, 0) is 43.3 Å². The fourth-order valence-corrected chi connectivity index (χ4v) is 1.82. The summed E-state index contributed by atoms with van der Waals surface area (Å²) < 4.78 is 5.36. The van der Waals surface area contributed by atoms with Crippen molar-refractivity contribution in [3.05, 3.63) is 54.4 Å². The van der Waals surface area contributed by atoms with Crippen LogP contribution in [0.25, 0.3) is 0 Å². The van der Waals surface area contributed by atoms with Crippen LogP contribution in [0.1, 0.15) is 19.4 Å². The zero-order chi connectivity index (χ0) is 17.4. The average molecular weight is 326 g/mol. The van der Waals surface area contributed by atoms with Gasteiger partial charge in [0.05, 0.1) is 5.71 Å². The minimum Gasteiger partial charge on any atom is -0.484 e. The zero-order valence-corrected chi connectivity index (χ0v) is 13.4. The Morgan fingerprint density at radius 3 is 2.38 bits per heavy atom. The highest BCUT2D eigenvalue weighted by atomic mass is 16.5. The second kappa shape index (κ2) is 8.42. The molecule has 2 rings (SSSR count). The van der Waals surface area contributed by atoms with E-state index in [-0.39, 0.29) is 18.4 Å². The summed E-state index contributed by atoms with van der Waals surface area (Å²) in [4.78, 5) is 26.6. The molecule has 0 aliphatic rings. The van der Waals surface area contributed by atoms with E-state index in [1.165, 1.54) is 6.92 Å². The van der Waals surface area contributed by atoms with E-state index in [2.05, 4.69) is 20.8 Å². The highest BCUT2D eigenvalue weighted by molar-refractivity contribution is 5.99. The van der Waals surface area contributed by atoms with Crippen LogP contribution in [0, 0.1) is 0 Å². The Hall–Kier alpha value is -3.22. The number of pyridine rings is 1. The molecule has 0 aliphatic carbocycles. The van der Waals surface area contributed by atoms with E-state index < -0.39 is 0 Å². The van der Waals surface area contributed by atoms with Crippen LogP contribution in [0.5, 0.6) is 5.75 Å². The molecular formula is C17H18N4O3. The van der Waals surface area contributed by atoms with Crippen molar-refractivity contribution < 1.29 is 14.3 Å². The SMILES string of the molecule is CC(=O)Nc1ccc(OCC(=O)N/N=C(\C)c2ccncc2)cc1. The van der Waals surface area contributed by atoms with Gasteiger partial charge >= 0.3 is 0 Å². The van der Waals surface area contributed by atoms with Gasteiger partial charge in [-0.15, -0.1) is 0 Å². The number of carbonyl (C=O) groups is 2. The number of benzene rings is 1. The summed E-state index contributed by atoms with van der Waals surface area (Å²) in [6.07, 6.45) is 3.31. The Labute approximate surface area is 139 Å². The molecule has 2 N–H and O–H groups in total. The van der Waals surface area contributed by atoms with Gasteiger partial charge < -0.3 is 10.1 Å². The van der Waals surface area contributed by atoms with E-state index in [9.17, 15) is 9.59 Å². The van der Waals surface area contributed by atoms with Gasteiger partial charge in [-0.3, -0.25) is 14.6 Å². The number of rotatable bonds is 6. The largest absolute Gasteiger partial charge is 0.484 e. The first kappa shape index (κ1) is 17.1. The molecule has 0 fully saturated rings. The lowest BCUT2D eigenvalue weighted by Crippen LogP contribution is -2.25. The molecule has 1 heterocycles. The Kier molecular flexibility index (Phi) is 6.01. The van der Waals surface area contributed by atoms with Crippen LogP contribution in [-0.4, -0.2) is 29.1 Å². The fraction of sp³-hybridized carbons (Fsp3) is 0.176. The van der Waals surface area contributed by atoms with Crippen LogP contribution < -0.4 is 15.5 Å². The maximum absolute atomic E-state index is 11.8. The lowest BCUT2D eigenvalue weighted by molar-refractivity contribution is -0.123. The number of hydrogen-bond acceptors (Lipinski definition) is 5. The van der Waals surface area contributed by atoms with Gasteiger partial charge in [0.15, 0.2) is 6.61 Å². The van der Waals surface area contributed by atoms with Gasteiger partial charge in [0, 0.05) is 30.6 Å². The second-order valence-corrected chi connectivity index (χ2v) is 4.96. The van der Waals surface area contributed by atoms with Gasteiger partial charge in [-0.2, -0.15) is 5.10 Å². The fourth-order valence-electron chi connectivity index (χ4n) is 1.82. The van der Waals surface area contributed by atoms with Crippen molar-refractivity contribution in [2.45, 2.75) is 13.8 Å². The van der Waals surface area contributed by atoms with E-state index in [1.54, 1.807) is 55.7 Å². The molecule has 2 aromatic rings. The van der Waals surface area contributed by atoms with Crippen LogP contribution >= 0.6 is 0 Å². The van der Waals surface area contributed by atoms with E-state index in [0.29, 0.717) is 17.1 Å². The third-order valence-electron chi connectivity index (χ3n) is 2.99. The molecule has 0 atom stereocenters. The van der Waals surface area contributed by atoms with Crippen LogP contribution in [0.4, 0.5) is 5.69 Å². The predicted molar refractivity (Wildman–Crippen MR) is 90.8 cm³/mol. The van der Waals surface area contributed by atoms with Crippen LogP contribution in [-0.2, 0) is 9.59 Å². The van der Waals surface area contributed by atoms with Crippen molar-refractivity contribution >= 4 is 23.2 Å². The highest BCUT2D eigenvalue weighted by Gasteiger charge is 2.03. The number of aromatic nitrogens is 1. The minimum atomic E-state index is -0.366. The molecule has 0 radical (unpaired) electrons. The number of anilines is 1. The Bertz CT molecular complexity index is 727. The quantitative estimate of drug-likeness (QED) is 0.627. The molecule has 0 saturated carbocycles. The summed E-state index contributed by atoms with van der Waals surface area (Å²) in [5.41, 5.74) is 4.65. The third-order valence-corrected chi connectivity index (χ3v) is 2.99. The summed E-state index contributed by atoms with van der Waals surface area (Å²) in [7, 11) is 0. The summed E-state index contributed by atoms with van der Waals surface area (Å²) >= 11 is 0. The molecule has 7 nitrogen and oxygen atoms in total. The third kappa shape index (κ3) is 5.53. The van der Waals surface area contributed by atoms with Crippen molar-refractivity contribution in [2.24, 2.45) is 5.10 Å². The standard InChI is InChI=1S/C17H18N4O3/c1-12(14-7-9-18-10-8-14)20-21-17(23)11-24-16-5-3-15(4-6-16)19-13(2)22/h3-10H,11H2,1-2H3,(H,19,22)(H,21,23)/b20-12+. The average Bonchev–Trinajstić information content (AvgIpc) is 2.59. The minimum absolute atomic E-state index is 0.148. The monoisotopic (exact) mass is 326 g/mol. The van der Waals surface area contributed by atoms with E-state index in [1.807, 2.05) is 0 Å². The number of nitrogens with one attached hydrogen (secondary N) is 2. The van der Waals surface area contributed by atoms with Gasteiger partial charge in [0.2, 0.25) is 5.91 Å². The first-order valence-corrected chi connectivity index (χ1v) is 7.28. The molecule has 1 aromatic carbocycles. The molecule has 0 saturated heterocycles. The number of hydrogen-bond donors (Lipinski definition) is 2. The molecule has 124 valence electrons. The first-order valence-electron chi connectivity index (χ1n) is 7.28. The summed E-state index contributed by atoms with van der Waals surface area (Å²) in [5, 5.41) is 6.66. The van der Waals surface area contributed by atoms with Crippen LogP contribution in [0.2, 0.25) is 0 Å². The van der Waals surface area contributed by atoms with Crippen molar-refractivity contribution in [3.63, 3.8) is 0 Å². The van der Waals surface area contributed by atoms with Gasteiger partial charge in [0.1, 0.15) is 5.75 Å². The van der Waals surface area contributed by atoms with E-state index in [0.717, 1.165) is 5.56 Å². The van der Waals surface area contributed by atoms with Crippen molar-refractivity contribution in [3.8, 4) is 5.75 Å². The number of amides is 2. The number of nitrogens with zero attached hydrogens (tertiary/aromatic N) is 2. The molecule has 1 aromatic heterocycles. The normalized spacial score (nSPS) is 10.8. The van der Waals surface area contributed by atoms with Crippen LogP contribution in [0.3, 0.4) is 0 Å². The van der Waals surface area contributed by atoms with Crippen molar-refractivity contribution in [1.82, 2.24) is 10.4 Å². The lowest BCUT2D eigenvalue weighted by atomic mass is 10.2. The molecule has 0 unspecified atom stereocenters. The van der Waals surface area contributed by atoms with E-state index >= 15 is 0 Å². The van der Waals surface area contributed by atoms with Gasteiger partial charge in [-0.1, -0.05) is 0 Å². The summed E-state index contributed by atoms with van der Waals surface area (Å²) in [6.45, 7) is 3.06. The molecule has 0 spiro atoms. The molecule has 0 aliphatic heterocycles. The topological polar surface area (TPSA) is 92.7 Å². The summed E-state index contributed by atoms with van der Waals surface area (Å²) in [6, 6.07) is 10.3. The zero-order valence-electron chi connectivity index (χ0n) is 13.4. The highest BCUT2D eigenvalue weighted by Crippen LogP contribution is 2.15. The molecule has 2 amide bonds. The Morgan fingerprint density at radius 2 is 1.75 bits per heavy atom. The van der Waals surface area contributed by atoms with Gasteiger partial charge in [-0.25, -0.2) is 5.43 Å². The molecular weight excluding hydrogens is 308 g/mol. The second-order valence-electron chi connectivity index (χ2n) is 4.96. The number of ether oxygens (including phenoxy) is 1. The Morgan fingerprint density at radius 1 is 1.08 bits per heavy atom. The molecule has 24 heavy (non-hydrogen) atoms. The maximum Gasteiger partial charge on any atom is 0.277 e. The van der Waals surface area contributed by atoms with Crippen LogP contribution in [0.15, 0.2) is 53.9 Å². The van der Waals surface area contributed by atoms with Crippen molar-refractivity contribution in [2.75, 3.05) is 11.9 Å². The number of hydrazone groups is 1. The lowest BCUT2D eigenvalue weighted by Gasteiger charge is -2.07.